The molecule has 0 aliphatic carbocycles. The minimum absolute atomic E-state index is 0. The van der Waals surface area contributed by atoms with Crippen molar-refractivity contribution in [3.05, 3.63) is 17.0 Å². The summed E-state index contributed by atoms with van der Waals surface area (Å²) in [5.41, 5.74) is 9.35. The lowest BCUT2D eigenvalue weighted by molar-refractivity contribution is -0.130. The lowest BCUT2D eigenvalue weighted by Gasteiger charge is -2.15. The molecule has 2 rings (SSSR count). The quantitative estimate of drug-likeness (QED) is 0.900. The largest absolute Gasteiger partial charge is 0.341 e. The highest BCUT2D eigenvalue weighted by Crippen LogP contribution is 2.18. The summed E-state index contributed by atoms with van der Waals surface area (Å²) < 4.78 is 2.07. The van der Waals surface area contributed by atoms with Crippen molar-refractivity contribution in [1.82, 2.24) is 14.7 Å². The van der Waals surface area contributed by atoms with Crippen LogP contribution in [-0.2, 0) is 17.8 Å². The fourth-order valence-corrected chi connectivity index (χ4v) is 3.02. The summed E-state index contributed by atoms with van der Waals surface area (Å²) in [7, 11) is 0. The highest BCUT2D eigenvalue weighted by molar-refractivity contribution is 5.85. The van der Waals surface area contributed by atoms with E-state index < -0.39 is 0 Å². The van der Waals surface area contributed by atoms with Gasteiger partial charge in [0, 0.05) is 37.8 Å². The fourth-order valence-electron chi connectivity index (χ4n) is 3.02. The first-order valence-electron chi connectivity index (χ1n) is 7.94. The second kappa shape index (κ2) is 7.97. The number of aryl methyl sites for hydroxylation is 1. The predicted molar refractivity (Wildman–Crippen MR) is 91.3 cm³/mol. The van der Waals surface area contributed by atoms with Gasteiger partial charge in [0.25, 0.3) is 0 Å². The van der Waals surface area contributed by atoms with Crippen LogP contribution in [0.3, 0.4) is 0 Å². The van der Waals surface area contributed by atoms with Crippen molar-refractivity contribution in [2.45, 2.75) is 59.5 Å². The number of likely N-dealkylation sites (tertiary alicyclic amines) is 1. The van der Waals surface area contributed by atoms with Crippen LogP contribution in [0.5, 0.6) is 0 Å². The zero-order valence-electron chi connectivity index (χ0n) is 14.1. The highest BCUT2D eigenvalue weighted by Gasteiger charge is 2.23. The van der Waals surface area contributed by atoms with Crippen LogP contribution in [0.1, 0.15) is 43.6 Å². The summed E-state index contributed by atoms with van der Waals surface area (Å²) in [4.78, 5) is 14.1. The number of hydrogen-bond acceptors (Lipinski definition) is 3. The summed E-state index contributed by atoms with van der Waals surface area (Å²) in [5.74, 6) is 0.793. The summed E-state index contributed by atoms with van der Waals surface area (Å²) in [6, 6.07) is 0.159. The molecular weight excluding hydrogens is 300 g/mol. The molecule has 22 heavy (non-hydrogen) atoms. The number of halogens is 1. The third-order valence-corrected chi connectivity index (χ3v) is 4.24. The van der Waals surface area contributed by atoms with Crippen molar-refractivity contribution in [1.29, 1.82) is 0 Å². The molecule has 0 unspecified atom stereocenters. The van der Waals surface area contributed by atoms with E-state index in [4.69, 9.17) is 5.73 Å². The van der Waals surface area contributed by atoms with Gasteiger partial charge in [-0.2, -0.15) is 5.10 Å². The standard InChI is InChI=1S/C16H28N4O.ClH/c1-11(2)9-20-13(4)15(12(3)18-20)5-6-16(21)19-8-7-14(17)10-19;/h11,14H,5-10,17H2,1-4H3;1H/t14-;/m1./s1. The first kappa shape index (κ1) is 19.0. The van der Waals surface area contributed by atoms with Crippen LogP contribution < -0.4 is 5.73 Å². The summed E-state index contributed by atoms with van der Waals surface area (Å²) in [6.07, 6.45) is 2.26. The van der Waals surface area contributed by atoms with Gasteiger partial charge in [-0.25, -0.2) is 0 Å². The van der Waals surface area contributed by atoms with Crippen LogP contribution in [0.25, 0.3) is 0 Å². The average Bonchev–Trinajstić information content (AvgIpc) is 2.93. The first-order valence-corrected chi connectivity index (χ1v) is 7.94. The maximum absolute atomic E-state index is 12.2. The van der Waals surface area contributed by atoms with Crippen molar-refractivity contribution in [2.24, 2.45) is 11.7 Å². The van der Waals surface area contributed by atoms with E-state index in [1.54, 1.807) is 0 Å². The Morgan fingerprint density at radius 3 is 2.64 bits per heavy atom. The molecule has 126 valence electrons. The van der Waals surface area contributed by atoms with Gasteiger partial charge in [-0.1, -0.05) is 13.8 Å². The molecule has 6 heteroatoms. The number of amides is 1. The third kappa shape index (κ3) is 4.46. The van der Waals surface area contributed by atoms with Crippen molar-refractivity contribution >= 4 is 18.3 Å². The van der Waals surface area contributed by atoms with Crippen LogP contribution in [0.4, 0.5) is 0 Å². The van der Waals surface area contributed by atoms with Gasteiger partial charge >= 0.3 is 0 Å². The molecule has 0 spiro atoms. The van der Waals surface area contributed by atoms with Gasteiger partial charge in [0.05, 0.1) is 5.69 Å². The molecule has 1 atom stereocenters. The summed E-state index contributed by atoms with van der Waals surface area (Å²) in [6.45, 7) is 11.0. The zero-order chi connectivity index (χ0) is 15.6. The number of hydrogen-bond donors (Lipinski definition) is 1. The van der Waals surface area contributed by atoms with Gasteiger partial charge in [-0.3, -0.25) is 9.48 Å². The Hall–Kier alpha value is -1.07. The molecule has 1 aliphatic heterocycles. The number of carbonyl (C=O) groups is 1. The molecule has 5 nitrogen and oxygen atoms in total. The van der Waals surface area contributed by atoms with Gasteiger partial charge in [0.15, 0.2) is 0 Å². The predicted octanol–water partition coefficient (Wildman–Crippen LogP) is 2.07. The van der Waals surface area contributed by atoms with Gasteiger partial charge in [-0.15, -0.1) is 12.4 Å². The van der Waals surface area contributed by atoms with E-state index in [1.165, 1.54) is 11.3 Å². The second-order valence-electron chi connectivity index (χ2n) is 6.61. The van der Waals surface area contributed by atoms with Gasteiger partial charge in [-0.05, 0) is 38.2 Å². The van der Waals surface area contributed by atoms with Crippen LogP contribution in [0.2, 0.25) is 0 Å². The lowest BCUT2D eigenvalue weighted by Crippen LogP contribution is -2.32. The second-order valence-corrected chi connectivity index (χ2v) is 6.61. The van der Waals surface area contributed by atoms with E-state index in [0.29, 0.717) is 18.9 Å². The maximum Gasteiger partial charge on any atom is 0.222 e. The van der Waals surface area contributed by atoms with Crippen LogP contribution >= 0.6 is 12.4 Å². The topological polar surface area (TPSA) is 64.2 Å². The fraction of sp³-hybridized carbons (Fsp3) is 0.750. The monoisotopic (exact) mass is 328 g/mol. The normalized spacial score (nSPS) is 17.9. The van der Waals surface area contributed by atoms with E-state index in [1.807, 2.05) is 11.8 Å². The summed E-state index contributed by atoms with van der Waals surface area (Å²) >= 11 is 0. The van der Waals surface area contributed by atoms with Gasteiger partial charge in [0.2, 0.25) is 5.91 Å². The Morgan fingerprint density at radius 1 is 1.41 bits per heavy atom. The summed E-state index contributed by atoms with van der Waals surface area (Å²) in [5, 5.41) is 4.61. The van der Waals surface area contributed by atoms with Crippen molar-refractivity contribution in [2.75, 3.05) is 13.1 Å². The molecule has 1 amide bonds. The number of nitrogens with zero attached hydrogens (tertiary/aromatic N) is 3. The Balaban J connectivity index is 0.00000242. The van der Waals surface area contributed by atoms with E-state index in [2.05, 4.69) is 30.6 Å². The molecule has 1 fully saturated rings. The molecule has 1 aromatic heterocycles. The minimum atomic E-state index is 0. The minimum Gasteiger partial charge on any atom is -0.341 e. The Bertz CT molecular complexity index is 512. The molecule has 1 saturated heterocycles. The average molecular weight is 329 g/mol. The van der Waals surface area contributed by atoms with Crippen LogP contribution in [0.15, 0.2) is 0 Å². The van der Waals surface area contributed by atoms with Crippen molar-refractivity contribution < 1.29 is 4.79 Å². The molecule has 2 heterocycles. The Morgan fingerprint density at radius 2 is 2.09 bits per heavy atom. The van der Waals surface area contributed by atoms with E-state index in [9.17, 15) is 4.79 Å². The zero-order valence-corrected chi connectivity index (χ0v) is 14.9. The molecule has 1 aromatic rings. The molecule has 2 N–H and O–H groups in total. The molecule has 0 saturated carbocycles. The first-order chi connectivity index (χ1) is 9.88. The van der Waals surface area contributed by atoms with E-state index in [0.717, 1.165) is 31.6 Å². The van der Waals surface area contributed by atoms with E-state index in [-0.39, 0.29) is 24.4 Å². The highest BCUT2D eigenvalue weighted by atomic mass is 35.5. The third-order valence-electron chi connectivity index (χ3n) is 4.24. The van der Waals surface area contributed by atoms with Crippen molar-refractivity contribution in [3.63, 3.8) is 0 Å². The van der Waals surface area contributed by atoms with Gasteiger partial charge < -0.3 is 10.6 Å². The Kier molecular flexibility index (Phi) is 6.88. The number of rotatable bonds is 5. The van der Waals surface area contributed by atoms with Crippen LogP contribution in [-0.4, -0.2) is 39.7 Å². The smallest absolute Gasteiger partial charge is 0.222 e. The SMILES string of the molecule is Cc1nn(CC(C)C)c(C)c1CCC(=O)N1CC[C@@H](N)C1.Cl. The van der Waals surface area contributed by atoms with E-state index >= 15 is 0 Å². The number of carbonyl (C=O) groups excluding carboxylic acids is 1. The Labute approximate surface area is 139 Å². The number of nitrogens with two attached hydrogens (primary N) is 1. The molecule has 0 aromatic carbocycles. The lowest BCUT2D eigenvalue weighted by atomic mass is 10.1. The molecular formula is C16H29ClN4O. The molecule has 0 bridgehead atoms. The van der Waals surface area contributed by atoms with Crippen LogP contribution in [0, 0.1) is 19.8 Å². The van der Waals surface area contributed by atoms with Gasteiger partial charge in [0.1, 0.15) is 0 Å². The molecule has 0 radical (unpaired) electrons. The maximum atomic E-state index is 12.2. The van der Waals surface area contributed by atoms with Crippen molar-refractivity contribution in [3.8, 4) is 0 Å². The molecule has 1 aliphatic rings. The number of aromatic nitrogens is 2.